The highest BCUT2D eigenvalue weighted by molar-refractivity contribution is 6.04. The summed E-state index contributed by atoms with van der Waals surface area (Å²) in [7, 11) is 0. The zero-order chi connectivity index (χ0) is 14.4. The zero-order valence-corrected chi connectivity index (χ0v) is 10.4. The van der Waals surface area contributed by atoms with Crippen LogP contribution in [0.5, 0.6) is 0 Å². The Balaban J connectivity index is 2.12. The average Bonchev–Trinajstić information content (AvgIpc) is 2.46. The molecule has 1 aromatic heterocycles. The second kappa shape index (κ2) is 6.24. The Morgan fingerprint density at radius 3 is 2.65 bits per heavy atom. The monoisotopic (exact) mass is 269 g/mol. The quantitative estimate of drug-likeness (QED) is 0.826. The first-order valence-corrected chi connectivity index (χ1v) is 5.72. The lowest BCUT2D eigenvalue weighted by Crippen LogP contribution is -2.12. The summed E-state index contributed by atoms with van der Waals surface area (Å²) in [5, 5.41) is 11.3. The first-order valence-electron chi connectivity index (χ1n) is 5.72. The van der Waals surface area contributed by atoms with Crippen LogP contribution in [0.2, 0.25) is 0 Å². The summed E-state index contributed by atoms with van der Waals surface area (Å²) >= 11 is 0. The highest BCUT2D eigenvalue weighted by atomic mass is 16.4. The Morgan fingerprint density at radius 1 is 1.20 bits per heavy atom. The van der Waals surface area contributed by atoms with E-state index in [0.717, 1.165) is 6.08 Å². The summed E-state index contributed by atoms with van der Waals surface area (Å²) in [5.74, 6) is -1.36. The first kappa shape index (κ1) is 13.4. The van der Waals surface area contributed by atoms with Gasteiger partial charge in [0.15, 0.2) is 0 Å². The lowest BCUT2D eigenvalue weighted by atomic mass is 10.2. The molecule has 2 aromatic rings. The van der Waals surface area contributed by atoms with E-state index in [1.165, 1.54) is 24.8 Å². The van der Waals surface area contributed by atoms with Crippen molar-refractivity contribution in [2.45, 2.75) is 0 Å². The van der Waals surface area contributed by atoms with Gasteiger partial charge in [0.1, 0.15) is 6.33 Å². The number of aromatic nitrogens is 2. The van der Waals surface area contributed by atoms with Gasteiger partial charge in [0.25, 0.3) is 5.91 Å². The Bertz CT molecular complexity index is 654. The molecule has 0 fully saturated rings. The fraction of sp³-hybridized carbons (Fsp3) is 0. The molecular weight excluding hydrogens is 258 g/mol. The summed E-state index contributed by atoms with van der Waals surface area (Å²) in [6, 6.07) is 6.83. The van der Waals surface area contributed by atoms with Gasteiger partial charge in [-0.25, -0.2) is 14.8 Å². The van der Waals surface area contributed by atoms with Crippen LogP contribution in [0.4, 0.5) is 5.69 Å². The SMILES string of the molecule is O=C(O)/C=C/c1cccc(NC(=O)c2cncnc2)c1. The number of aliphatic carboxylic acids is 1. The third-order valence-corrected chi connectivity index (χ3v) is 2.39. The van der Waals surface area contributed by atoms with E-state index in [-0.39, 0.29) is 5.91 Å². The summed E-state index contributed by atoms with van der Waals surface area (Å²) in [6.45, 7) is 0. The lowest BCUT2D eigenvalue weighted by molar-refractivity contribution is -0.131. The predicted octanol–water partition coefficient (Wildman–Crippen LogP) is 1.83. The second-order valence-corrected chi connectivity index (χ2v) is 3.88. The number of rotatable bonds is 4. The first-order chi connectivity index (χ1) is 9.65. The molecule has 0 aliphatic rings. The van der Waals surface area contributed by atoms with E-state index in [1.807, 2.05) is 0 Å². The average molecular weight is 269 g/mol. The van der Waals surface area contributed by atoms with Gasteiger partial charge in [-0.3, -0.25) is 4.79 Å². The summed E-state index contributed by atoms with van der Waals surface area (Å²) in [6.07, 6.45) is 6.65. The molecular formula is C14H11N3O3. The molecule has 0 saturated carbocycles. The van der Waals surface area contributed by atoms with Crippen LogP contribution in [0.15, 0.2) is 49.1 Å². The number of carboxylic acid groups (broad SMARTS) is 1. The van der Waals surface area contributed by atoms with E-state index in [1.54, 1.807) is 24.3 Å². The van der Waals surface area contributed by atoms with Gasteiger partial charge in [-0.05, 0) is 23.8 Å². The number of nitrogens with one attached hydrogen (secondary N) is 1. The van der Waals surface area contributed by atoms with Gasteiger partial charge in [0, 0.05) is 24.2 Å². The topological polar surface area (TPSA) is 92.2 Å². The van der Waals surface area contributed by atoms with Crippen LogP contribution in [0.3, 0.4) is 0 Å². The molecule has 0 radical (unpaired) electrons. The lowest BCUT2D eigenvalue weighted by Gasteiger charge is -2.05. The fourth-order valence-corrected chi connectivity index (χ4v) is 1.51. The van der Waals surface area contributed by atoms with Crippen LogP contribution in [-0.2, 0) is 4.79 Å². The van der Waals surface area contributed by atoms with E-state index in [9.17, 15) is 9.59 Å². The van der Waals surface area contributed by atoms with Gasteiger partial charge in [-0.1, -0.05) is 12.1 Å². The molecule has 2 rings (SSSR count). The van der Waals surface area contributed by atoms with Gasteiger partial charge in [-0.15, -0.1) is 0 Å². The maximum Gasteiger partial charge on any atom is 0.328 e. The standard InChI is InChI=1S/C14H11N3O3/c18-13(19)5-4-10-2-1-3-12(6-10)17-14(20)11-7-15-9-16-8-11/h1-9H,(H,17,20)(H,18,19)/b5-4+. The molecule has 0 atom stereocenters. The van der Waals surface area contributed by atoms with Crippen molar-refractivity contribution in [3.05, 3.63) is 60.2 Å². The molecule has 0 aliphatic heterocycles. The van der Waals surface area contributed by atoms with Crippen molar-refractivity contribution >= 4 is 23.6 Å². The smallest absolute Gasteiger partial charge is 0.328 e. The van der Waals surface area contributed by atoms with Gasteiger partial charge < -0.3 is 10.4 Å². The van der Waals surface area contributed by atoms with Crippen molar-refractivity contribution in [3.63, 3.8) is 0 Å². The van der Waals surface area contributed by atoms with Crippen LogP contribution < -0.4 is 5.32 Å². The van der Waals surface area contributed by atoms with Crippen molar-refractivity contribution < 1.29 is 14.7 Å². The van der Waals surface area contributed by atoms with E-state index < -0.39 is 5.97 Å². The minimum absolute atomic E-state index is 0.329. The Kier molecular flexibility index (Phi) is 4.18. The van der Waals surface area contributed by atoms with Gasteiger partial charge >= 0.3 is 5.97 Å². The number of amides is 1. The Morgan fingerprint density at radius 2 is 1.95 bits per heavy atom. The molecule has 2 N–H and O–H groups in total. The molecule has 0 saturated heterocycles. The molecule has 6 heteroatoms. The largest absolute Gasteiger partial charge is 0.478 e. The molecule has 100 valence electrons. The summed E-state index contributed by atoms with van der Waals surface area (Å²) in [4.78, 5) is 29.9. The van der Waals surface area contributed by atoms with E-state index >= 15 is 0 Å². The maximum atomic E-state index is 11.9. The maximum absolute atomic E-state index is 11.9. The van der Waals surface area contributed by atoms with Crippen LogP contribution in [0.1, 0.15) is 15.9 Å². The third kappa shape index (κ3) is 3.74. The molecule has 1 amide bonds. The molecule has 1 heterocycles. The molecule has 0 spiro atoms. The van der Waals surface area contributed by atoms with Crippen LogP contribution in [0.25, 0.3) is 6.08 Å². The predicted molar refractivity (Wildman–Crippen MR) is 73.1 cm³/mol. The third-order valence-electron chi connectivity index (χ3n) is 2.39. The number of hydrogen-bond acceptors (Lipinski definition) is 4. The van der Waals surface area contributed by atoms with Crippen molar-refractivity contribution in [3.8, 4) is 0 Å². The Labute approximate surface area is 114 Å². The van der Waals surface area contributed by atoms with E-state index in [2.05, 4.69) is 15.3 Å². The minimum Gasteiger partial charge on any atom is -0.478 e. The number of carbonyl (C=O) groups is 2. The highest BCUT2D eigenvalue weighted by Crippen LogP contribution is 2.13. The summed E-state index contributed by atoms with van der Waals surface area (Å²) in [5.41, 5.74) is 1.58. The van der Waals surface area contributed by atoms with Crippen molar-refractivity contribution in [2.75, 3.05) is 5.32 Å². The van der Waals surface area contributed by atoms with Gasteiger partial charge in [-0.2, -0.15) is 0 Å². The number of carboxylic acids is 1. The van der Waals surface area contributed by atoms with Gasteiger partial charge in [0.05, 0.1) is 5.56 Å². The van der Waals surface area contributed by atoms with Crippen LogP contribution >= 0.6 is 0 Å². The number of nitrogens with zero attached hydrogens (tertiary/aromatic N) is 2. The zero-order valence-electron chi connectivity index (χ0n) is 10.4. The van der Waals surface area contributed by atoms with Crippen molar-refractivity contribution in [2.24, 2.45) is 0 Å². The highest BCUT2D eigenvalue weighted by Gasteiger charge is 2.06. The van der Waals surface area contributed by atoms with Crippen LogP contribution in [-0.4, -0.2) is 27.0 Å². The molecule has 1 aromatic carbocycles. The number of anilines is 1. The minimum atomic E-state index is -1.03. The summed E-state index contributed by atoms with van der Waals surface area (Å²) < 4.78 is 0. The number of carbonyl (C=O) groups excluding carboxylic acids is 1. The fourth-order valence-electron chi connectivity index (χ4n) is 1.51. The van der Waals surface area contributed by atoms with Crippen LogP contribution in [0, 0.1) is 0 Å². The molecule has 0 unspecified atom stereocenters. The molecule has 6 nitrogen and oxygen atoms in total. The molecule has 20 heavy (non-hydrogen) atoms. The Hall–Kier alpha value is -3.02. The van der Waals surface area contributed by atoms with Gasteiger partial charge in [0.2, 0.25) is 0 Å². The number of hydrogen-bond donors (Lipinski definition) is 2. The second-order valence-electron chi connectivity index (χ2n) is 3.88. The molecule has 0 bridgehead atoms. The van der Waals surface area contributed by atoms with E-state index in [4.69, 9.17) is 5.11 Å². The van der Waals surface area contributed by atoms with Crippen molar-refractivity contribution in [1.29, 1.82) is 0 Å². The number of benzene rings is 1. The van der Waals surface area contributed by atoms with Crippen molar-refractivity contribution in [1.82, 2.24) is 9.97 Å². The molecule has 0 aliphatic carbocycles. The van der Waals surface area contributed by atoms with E-state index in [0.29, 0.717) is 16.8 Å². The normalized spacial score (nSPS) is 10.4.